The number of benzene rings is 1. The third kappa shape index (κ3) is 3.82. The van der Waals surface area contributed by atoms with Crippen LogP contribution >= 0.6 is 0 Å². The molecule has 0 saturated carbocycles. The highest BCUT2D eigenvalue weighted by Gasteiger charge is 2.17. The molecule has 8 nitrogen and oxygen atoms in total. The zero-order chi connectivity index (χ0) is 21.2. The van der Waals surface area contributed by atoms with E-state index in [0.717, 1.165) is 18.9 Å². The molecule has 156 valence electrons. The number of imidazole rings is 1. The number of pyridine rings is 1. The van der Waals surface area contributed by atoms with E-state index >= 15 is 0 Å². The van der Waals surface area contributed by atoms with E-state index in [2.05, 4.69) is 25.3 Å². The molecule has 4 heterocycles. The van der Waals surface area contributed by atoms with E-state index in [4.69, 9.17) is 4.74 Å². The van der Waals surface area contributed by atoms with Crippen molar-refractivity contribution in [2.24, 2.45) is 0 Å². The number of hydrogen-bond donors (Lipinski definition) is 1. The Hall–Kier alpha value is -3.85. The number of carbonyl (C=O) groups excluding carboxylic acids is 1. The number of rotatable bonds is 4. The standard InChI is InChI=1S/C22H19FN6O2/c23-16-5-2-1-4-15(16)17-8-9-19-24-14-21(29(19)27-17)26-22(30)18-6-3-7-20(25-18)28-10-12-31-13-11-28/h1-9,14H,10-13H2,(H,26,30). The van der Waals surface area contributed by atoms with Gasteiger partial charge in [0.1, 0.15) is 17.3 Å². The first-order valence-electron chi connectivity index (χ1n) is 9.90. The molecule has 0 atom stereocenters. The Morgan fingerprint density at radius 1 is 1.03 bits per heavy atom. The fourth-order valence-corrected chi connectivity index (χ4v) is 3.47. The number of fused-ring (bicyclic) bond motifs is 1. The van der Waals surface area contributed by atoms with Crippen molar-refractivity contribution < 1.29 is 13.9 Å². The minimum absolute atomic E-state index is 0.282. The Morgan fingerprint density at radius 3 is 2.71 bits per heavy atom. The van der Waals surface area contributed by atoms with Crippen LogP contribution in [-0.2, 0) is 4.74 Å². The number of halogens is 1. The van der Waals surface area contributed by atoms with E-state index in [1.165, 1.54) is 16.8 Å². The van der Waals surface area contributed by atoms with E-state index in [1.807, 2.05) is 6.07 Å². The smallest absolute Gasteiger partial charge is 0.275 e. The predicted molar refractivity (Wildman–Crippen MR) is 114 cm³/mol. The summed E-state index contributed by atoms with van der Waals surface area (Å²) >= 11 is 0. The topological polar surface area (TPSA) is 84.7 Å². The fourth-order valence-electron chi connectivity index (χ4n) is 3.47. The Labute approximate surface area is 177 Å². The monoisotopic (exact) mass is 418 g/mol. The van der Waals surface area contributed by atoms with Gasteiger partial charge >= 0.3 is 0 Å². The molecule has 4 aromatic rings. The quantitative estimate of drug-likeness (QED) is 0.549. The summed E-state index contributed by atoms with van der Waals surface area (Å²) in [5.41, 5.74) is 1.62. The van der Waals surface area contributed by atoms with Crippen LogP contribution < -0.4 is 10.2 Å². The van der Waals surface area contributed by atoms with Crippen molar-refractivity contribution in [3.63, 3.8) is 0 Å². The molecule has 1 amide bonds. The minimum Gasteiger partial charge on any atom is -0.378 e. The van der Waals surface area contributed by atoms with Crippen LogP contribution in [0.1, 0.15) is 10.5 Å². The molecule has 0 radical (unpaired) electrons. The van der Waals surface area contributed by atoms with Crippen LogP contribution in [0.2, 0.25) is 0 Å². The molecule has 0 bridgehead atoms. The van der Waals surface area contributed by atoms with Gasteiger partial charge in [0.05, 0.1) is 25.1 Å². The second-order valence-electron chi connectivity index (χ2n) is 7.05. The number of nitrogens with zero attached hydrogens (tertiary/aromatic N) is 5. The van der Waals surface area contributed by atoms with Crippen molar-refractivity contribution >= 4 is 23.2 Å². The number of hydrogen-bond acceptors (Lipinski definition) is 6. The maximum atomic E-state index is 14.2. The largest absolute Gasteiger partial charge is 0.378 e. The Bertz CT molecular complexity index is 1250. The van der Waals surface area contributed by atoms with Crippen LogP contribution in [0.3, 0.4) is 0 Å². The summed E-state index contributed by atoms with van der Waals surface area (Å²) in [5, 5.41) is 7.27. The molecule has 9 heteroatoms. The average Bonchev–Trinajstić information content (AvgIpc) is 3.22. The van der Waals surface area contributed by atoms with Gasteiger partial charge in [-0.3, -0.25) is 4.79 Å². The molecule has 3 aromatic heterocycles. The van der Waals surface area contributed by atoms with Crippen molar-refractivity contribution in [2.45, 2.75) is 0 Å². The lowest BCUT2D eigenvalue weighted by molar-refractivity contribution is 0.102. The molecular formula is C22H19FN6O2. The highest BCUT2D eigenvalue weighted by molar-refractivity contribution is 6.02. The number of carbonyl (C=O) groups is 1. The lowest BCUT2D eigenvalue weighted by Crippen LogP contribution is -2.37. The van der Waals surface area contributed by atoms with Gasteiger partial charge in [-0.2, -0.15) is 9.61 Å². The van der Waals surface area contributed by atoms with Crippen molar-refractivity contribution in [1.82, 2.24) is 19.6 Å². The van der Waals surface area contributed by atoms with E-state index in [9.17, 15) is 9.18 Å². The second kappa shape index (κ2) is 8.11. The molecular weight excluding hydrogens is 399 g/mol. The fraction of sp³-hybridized carbons (Fsp3) is 0.182. The van der Waals surface area contributed by atoms with E-state index in [-0.39, 0.29) is 17.4 Å². The van der Waals surface area contributed by atoms with Crippen LogP contribution in [-0.4, -0.2) is 51.8 Å². The summed E-state index contributed by atoms with van der Waals surface area (Å²) in [6, 6.07) is 15.1. The number of ether oxygens (including phenoxy) is 1. The molecule has 1 N–H and O–H groups in total. The first-order valence-corrected chi connectivity index (χ1v) is 9.90. The predicted octanol–water partition coefficient (Wildman–Crippen LogP) is 3.02. The van der Waals surface area contributed by atoms with Gasteiger partial charge in [-0.1, -0.05) is 18.2 Å². The average molecular weight is 418 g/mol. The SMILES string of the molecule is O=C(Nc1cnc2ccc(-c3ccccc3F)nn12)c1cccc(N2CCOCC2)n1. The highest BCUT2D eigenvalue weighted by atomic mass is 19.1. The maximum absolute atomic E-state index is 14.2. The Balaban J connectivity index is 1.42. The number of amides is 1. The molecule has 5 rings (SSSR count). The molecule has 0 unspecified atom stereocenters. The minimum atomic E-state index is -0.380. The van der Waals surface area contributed by atoms with Crippen LogP contribution in [0, 0.1) is 5.82 Å². The molecule has 1 fully saturated rings. The molecule has 0 aliphatic carbocycles. The number of aromatic nitrogens is 4. The summed E-state index contributed by atoms with van der Waals surface area (Å²) in [5.74, 6) is 0.352. The lowest BCUT2D eigenvalue weighted by Gasteiger charge is -2.27. The summed E-state index contributed by atoms with van der Waals surface area (Å²) < 4.78 is 21.0. The van der Waals surface area contributed by atoms with Crippen LogP contribution in [0.5, 0.6) is 0 Å². The third-order valence-electron chi connectivity index (χ3n) is 5.06. The maximum Gasteiger partial charge on any atom is 0.275 e. The first-order chi connectivity index (χ1) is 15.2. The second-order valence-corrected chi connectivity index (χ2v) is 7.05. The van der Waals surface area contributed by atoms with Gasteiger partial charge in [0.25, 0.3) is 5.91 Å². The number of morpholine rings is 1. The molecule has 1 saturated heterocycles. The number of nitrogens with one attached hydrogen (secondary N) is 1. The van der Waals surface area contributed by atoms with Crippen LogP contribution in [0.15, 0.2) is 60.8 Å². The van der Waals surface area contributed by atoms with E-state index < -0.39 is 0 Å². The zero-order valence-electron chi connectivity index (χ0n) is 16.5. The lowest BCUT2D eigenvalue weighted by atomic mass is 10.1. The van der Waals surface area contributed by atoms with Crippen LogP contribution in [0.25, 0.3) is 16.9 Å². The van der Waals surface area contributed by atoms with Gasteiger partial charge in [0.2, 0.25) is 0 Å². The van der Waals surface area contributed by atoms with E-state index in [1.54, 1.807) is 42.5 Å². The van der Waals surface area contributed by atoms with Crippen molar-refractivity contribution in [2.75, 3.05) is 36.5 Å². The molecule has 31 heavy (non-hydrogen) atoms. The van der Waals surface area contributed by atoms with E-state index in [0.29, 0.717) is 35.9 Å². The normalized spacial score (nSPS) is 14.0. The van der Waals surface area contributed by atoms with Crippen LogP contribution in [0.4, 0.5) is 16.0 Å². The van der Waals surface area contributed by atoms with Crippen molar-refractivity contribution in [1.29, 1.82) is 0 Å². The summed E-state index contributed by atoms with van der Waals surface area (Å²) in [7, 11) is 0. The first kappa shape index (κ1) is 19.1. The van der Waals surface area contributed by atoms with Gasteiger partial charge in [-0.25, -0.2) is 14.4 Å². The molecule has 0 spiro atoms. The zero-order valence-corrected chi connectivity index (χ0v) is 16.5. The Morgan fingerprint density at radius 2 is 1.87 bits per heavy atom. The van der Waals surface area contributed by atoms with Gasteiger partial charge in [0, 0.05) is 18.7 Å². The van der Waals surface area contributed by atoms with Gasteiger partial charge in [0.15, 0.2) is 11.5 Å². The third-order valence-corrected chi connectivity index (χ3v) is 5.06. The Kier molecular flexibility index (Phi) is 5.01. The highest BCUT2D eigenvalue weighted by Crippen LogP contribution is 2.22. The van der Waals surface area contributed by atoms with Gasteiger partial charge in [-0.05, 0) is 36.4 Å². The molecule has 1 aromatic carbocycles. The molecule has 1 aliphatic rings. The summed E-state index contributed by atoms with van der Waals surface area (Å²) in [4.78, 5) is 23.7. The van der Waals surface area contributed by atoms with Gasteiger partial charge < -0.3 is 15.0 Å². The summed E-state index contributed by atoms with van der Waals surface area (Å²) in [6.07, 6.45) is 1.51. The van der Waals surface area contributed by atoms with Crippen molar-refractivity contribution in [3.05, 3.63) is 72.3 Å². The van der Waals surface area contributed by atoms with Crippen molar-refractivity contribution in [3.8, 4) is 11.3 Å². The molecule has 1 aliphatic heterocycles. The summed E-state index contributed by atoms with van der Waals surface area (Å²) in [6.45, 7) is 2.73. The number of anilines is 2. The van der Waals surface area contributed by atoms with Gasteiger partial charge in [-0.15, -0.1) is 0 Å².